The number of thioether (sulfide) groups is 1. The van der Waals surface area contributed by atoms with E-state index in [9.17, 15) is 0 Å². The molecule has 0 spiro atoms. The van der Waals surface area contributed by atoms with Crippen LogP contribution >= 0.6 is 11.8 Å². The van der Waals surface area contributed by atoms with Crippen molar-refractivity contribution in [1.29, 1.82) is 0 Å². The van der Waals surface area contributed by atoms with Crippen LogP contribution in [0.5, 0.6) is 5.75 Å². The van der Waals surface area contributed by atoms with Crippen molar-refractivity contribution < 1.29 is 18.3 Å². The highest BCUT2D eigenvalue weighted by Gasteiger charge is 2.24. The lowest BCUT2D eigenvalue weighted by Gasteiger charge is -2.11. The zero-order valence-electron chi connectivity index (χ0n) is 16.8. The van der Waals surface area contributed by atoms with Gasteiger partial charge in [-0.25, -0.2) is 9.97 Å². The Balaban J connectivity index is 1.53. The molecule has 1 aliphatic rings. The maximum atomic E-state index is 6.06. The summed E-state index contributed by atoms with van der Waals surface area (Å²) in [6, 6.07) is 9.80. The van der Waals surface area contributed by atoms with E-state index >= 15 is 0 Å². The Morgan fingerprint density at radius 1 is 1.03 bits per heavy atom. The molecule has 1 fully saturated rings. The van der Waals surface area contributed by atoms with Crippen LogP contribution in [-0.4, -0.2) is 35.5 Å². The number of fused-ring (bicyclic) bond motifs is 2. The van der Waals surface area contributed by atoms with Gasteiger partial charge < -0.3 is 18.3 Å². The third kappa shape index (κ3) is 3.72. The summed E-state index contributed by atoms with van der Waals surface area (Å²) >= 11 is 1.65. The summed E-state index contributed by atoms with van der Waals surface area (Å²) in [6.45, 7) is 7.55. The number of rotatable bonds is 5. The molecule has 3 heterocycles. The molecule has 1 atom stereocenters. The standard InChI is InChI=1S/C22H22N2O4S/c1-22(2,3)21-24-17-8-16-18(9-19(17)28-21)27-20(23-16)12-5-13(7-15(6-12)29-4)25-10-14-11-26-14/h5-9,14H,10-11H2,1-4H3. The van der Waals surface area contributed by atoms with Crippen molar-refractivity contribution in [1.82, 2.24) is 9.97 Å². The predicted molar refractivity (Wildman–Crippen MR) is 113 cm³/mol. The molecular weight excluding hydrogens is 388 g/mol. The van der Waals surface area contributed by atoms with Crippen LogP contribution in [0.1, 0.15) is 26.7 Å². The topological polar surface area (TPSA) is 73.8 Å². The number of ether oxygens (including phenoxy) is 2. The number of aromatic nitrogens is 2. The van der Waals surface area contributed by atoms with Crippen LogP contribution in [0.3, 0.4) is 0 Å². The number of nitrogens with zero attached hydrogens (tertiary/aromatic N) is 2. The quantitative estimate of drug-likeness (QED) is 0.321. The van der Waals surface area contributed by atoms with Gasteiger partial charge in [0.25, 0.3) is 0 Å². The Labute approximate surface area is 172 Å². The van der Waals surface area contributed by atoms with E-state index < -0.39 is 0 Å². The first-order valence-electron chi connectivity index (χ1n) is 9.54. The highest BCUT2D eigenvalue weighted by molar-refractivity contribution is 7.98. The summed E-state index contributed by atoms with van der Waals surface area (Å²) in [5.41, 5.74) is 3.64. The minimum absolute atomic E-state index is 0.154. The fraction of sp³-hybridized carbons (Fsp3) is 0.364. The Kier molecular flexibility index (Phi) is 4.33. The fourth-order valence-corrected chi connectivity index (χ4v) is 3.52. The van der Waals surface area contributed by atoms with Crippen molar-refractivity contribution in [2.45, 2.75) is 37.2 Å². The van der Waals surface area contributed by atoms with Gasteiger partial charge in [0.15, 0.2) is 11.2 Å². The van der Waals surface area contributed by atoms with E-state index in [1.54, 1.807) is 11.8 Å². The highest BCUT2D eigenvalue weighted by Crippen LogP contribution is 2.34. The van der Waals surface area contributed by atoms with Gasteiger partial charge in [-0.05, 0) is 30.5 Å². The number of benzene rings is 2. The van der Waals surface area contributed by atoms with Crippen molar-refractivity contribution >= 4 is 34.0 Å². The smallest absolute Gasteiger partial charge is 0.227 e. The van der Waals surface area contributed by atoms with Crippen LogP contribution in [0, 0.1) is 0 Å². The summed E-state index contributed by atoms with van der Waals surface area (Å²) in [4.78, 5) is 10.4. The highest BCUT2D eigenvalue weighted by atomic mass is 32.2. The average molecular weight is 410 g/mol. The molecule has 0 radical (unpaired) electrons. The van der Waals surface area contributed by atoms with E-state index in [0.29, 0.717) is 29.6 Å². The van der Waals surface area contributed by atoms with Crippen LogP contribution in [0.25, 0.3) is 33.7 Å². The molecule has 7 heteroatoms. The number of oxazole rings is 2. The lowest BCUT2D eigenvalue weighted by molar-refractivity contribution is 0.262. The second kappa shape index (κ2) is 6.78. The van der Waals surface area contributed by atoms with Gasteiger partial charge in [-0.3, -0.25) is 0 Å². The van der Waals surface area contributed by atoms with E-state index in [1.807, 2.05) is 30.5 Å². The molecule has 150 valence electrons. The van der Waals surface area contributed by atoms with Gasteiger partial charge in [0.1, 0.15) is 29.5 Å². The SMILES string of the molecule is CSc1cc(OCC2CO2)cc(-c2nc3cc4nc(C(C)(C)C)oc4cc3o2)c1. The van der Waals surface area contributed by atoms with Gasteiger partial charge in [0, 0.05) is 21.9 Å². The Hall–Kier alpha value is -2.51. The molecule has 6 nitrogen and oxygen atoms in total. The van der Waals surface area contributed by atoms with Crippen LogP contribution < -0.4 is 4.74 Å². The van der Waals surface area contributed by atoms with Gasteiger partial charge >= 0.3 is 0 Å². The molecule has 4 aromatic rings. The van der Waals surface area contributed by atoms with Crippen molar-refractivity contribution in [3.05, 3.63) is 36.2 Å². The molecule has 0 amide bonds. The molecule has 0 saturated carbocycles. The third-order valence-electron chi connectivity index (χ3n) is 4.74. The maximum Gasteiger partial charge on any atom is 0.227 e. The number of hydrogen-bond donors (Lipinski definition) is 0. The Morgan fingerprint density at radius 2 is 1.79 bits per heavy atom. The van der Waals surface area contributed by atoms with Crippen molar-refractivity contribution in [2.75, 3.05) is 19.5 Å². The monoisotopic (exact) mass is 410 g/mol. The first-order valence-corrected chi connectivity index (χ1v) is 10.8. The molecule has 29 heavy (non-hydrogen) atoms. The minimum atomic E-state index is -0.154. The van der Waals surface area contributed by atoms with Crippen molar-refractivity contribution in [2.24, 2.45) is 0 Å². The normalized spacial score (nSPS) is 16.6. The number of epoxide rings is 1. The number of hydrogen-bond acceptors (Lipinski definition) is 7. The zero-order chi connectivity index (χ0) is 20.2. The summed E-state index contributed by atoms with van der Waals surface area (Å²) < 4.78 is 23.1. The predicted octanol–water partition coefficient (Wildman–Crippen LogP) is 5.43. The second-order valence-electron chi connectivity index (χ2n) is 8.24. The molecule has 2 aromatic carbocycles. The van der Waals surface area contributed by atoms with Crippen LogP contribution in [-0.2, 0) is 10.2 Å². The third-order valence-corrected chi connectivity index (χ3v) is 5.45. The molecule has 2 aromatic heterocycles. The van der Waals surface area contributed by atoms with Gasteiger partial charge in [0.05, 0.1) is 6.61 Å². The lowest BCUT2D eigenvalue weighted by Crippen LogP contribution is -2.10. The minimum Gasteiger partial charge on any atom is -0.491 e. The van der Waals surface area contributed by atoms with Gasteiger partial charge in [-0.2, -0.15) is 0 Å². The van der Waals surface area contributed by atoms with Gasteiger partial charge in [-0.1, -0.05) is 20.8 Å². The molecule has 1 aliphatic heterocycles. The summed E-state index contributed by atoms with van der Waals surface area (Å²) in [7, 11) is 0. The van der Waals surface area contributed by atoms with Gasteiger partial charge in [0.2, 0.25) is 11.8 Å². The average Bonchev–Trinajstić information content (AvgIpc) is 3.27. The van der Waals surface area contributed by atoms with E-state index in [4.69, 9.17) is 23.3 Å². The molecule has 1 unspecified atom stereocenters. The van der Waals surface area contributed by atoms with Crippen molar-refractivity contribution in [3.63, 3.8) is 0 Å². The maximum absolute atomic E-state index is 6.06. The molecule has 0 N–H and O–H groups in total. The second-order valence-corrected chi connectivity index (χ2v) is 9.12. The Morgan fingerprint density at radius 3 is 2.52 bits per heavy atom. The van der Waals surface area contributed by atoms with E-state index in [1.165, 1.54) is 0 Å². The molecular formula is C22H22N2O4S. The van der Waals surface area contributed by atoms with Crippen LogP contribution in [0.4, 0.5) is 0 Å². The largest absolute Gasteiger partial charge is 0.491 e. The van der Waals surface area contributed by atoms with Crippen LogP contribution in [0.2, 0.25) is 0 Å². The van der Waals surface area contributed by atoms with E-state index in [0.717, 1.165) is 33.8 Å². The summed E-state index contributed by atoms with van der Waals surface area (Å²) in [6.07, 6.45) is 2.24. The fourth-order valence-electron chi connectivity index (χ4n) is 3.04. The molecule has 0 bridgehead atoms. The van der Waals surface area contributed by atoms with Gasteiger partial charge in [-0.15, -0.1) is 11.8 Å². The summed E-state index contributed by atoms with van der Waals surface area (Å²) in [5, 5.41) is 0. The first-order chi connectivity index (χ1) is 13.9. The molecule has 5 rings (SSSR count). The van der Waals surface area contributed by atoms with Crippen LogP contribution in [0.15, 0.2) is 44.1 Å². The Bertz CT molecular complexity index is 1150. The first kappa shape index (κ1) is 18.5. The molecule has 0 aliphatic carbocycles. The van der Waals surface area contributed by atoms with E-state index in [-0.39, 0.29) is 11.5 Å². The lowest BCUT2D eigenvalue weighted by atomic mass is 9.97. The van der Waals surface area contributed by atoms with E-state index in [2.05, 4.69) is 31.8 Å². The summed E-state index contributed by atoms with van der Waals surface area (Å²) in [5.74, 6) is 2.04. The molecule has 1 saturated heterocycles. The van der Waals surface area contributed by atoms with Crippen molar-refractivity contribution in [3.8, 4) is 17.2 Å². The zero-order valence-corrected chi connectivity index (χ0v) is 17.6.